The Kier molecular flexibility index (Phi) is 6.90. The van der Waals surface area contributed by atoms with Crippen molar-refractivity contribution in [3.8, 4) is 11.5 Å². The van der Waals surface area contributed by atoms with E-state index in [0.29, 0.717) is 21.5 Å². The third-order valence-corrected chi connectivity index (χ3v) is 5.14. The van der Waals surface area contributed by atoms with E-state index in [0.717, 1.165) is 16.3 Å². The number of ketones is 1. The predicted molar refractivity (Wildman–Crippen MR) is 122 cm³/mol. The van der Waals surface area contributed by atoms with Gasteiger partial charge in [-0.1, -0.05) is 42.5 Å². The molecular formula is C24H22BrNO4. The highest BCUT2D eigenvalue weighted by Crippen LogP contribution is 2.37. The topological polar surface area (TPSA) is 55.8 Å². The van der Waals surface area contributed by atoms with Crippen LogP contribution in [0.1, 0.15) is 15.9 Å². The van der Waals surface area contributed by atoms with Crippen LogP contribution >= 0.6 is 15.9 Å². The summed E-state index contributed by atoms with van der Waals surface area (Å²) in [6.07, 6.45) is 3.25. The number of rotatable bonds is 7. The summed E-state index contributed by atoms with van der Waals surface area (Å²) in [4.78, 5) is 25.9. The van der Waals surface area contributed by atoms with Crippen LogP contribution in [-0.2, 0) is 4.79 Å². The summed E-state index contributed by atoms with van der Waals surface area (Å²) in [5, 5.41) is 2.12. The van der Waals surface area contributed by atoms with Crippen molar-refractivity contribution < 1.29 is 19.1 Å². The Bertz CT molecular complexity index is 1120. The Hall–Kier alpha value is -3.12. The molecule has 30 heavy (non-hydrogen) atoms. The van der Waals surface area contributed by atoms with Crippen molar-refractivity contribution in [3.63, 3.8) is 0 Å². The highest BCUT2D eigenvalue weighted by atomic mass is 79.9. The molecule has 6 heteroatoms. The molecule has 0 fully saturated rings. The van der Waals surface area contributed by atoms with Gasteiger partial charge in [0.15, 0.2) is 23.9 Å². The molecule has 154 valence electrons. The van der Waals surface area contributed by atoms with Gasteiger partial charge in [-0.3, -0.25) is 9.59 Å². The first kappa shape index (κ1) is 21.6. The summed E-state index contributed by atoms with van der Waals surface area (Å²) >= 11 is 3.46. The standard InChI is InChI=1S/C24H22BrNO4/c1-26(2)23(28)15-30-24-20(25)12-16(13-22(24)29-3)8-11-21(27)19-10-9-17-6-4-5-7-18(17)14-19/h4-14H,15H2,1-3H3/b11-8+. The van der Waals surface area contributed by atoms with Gasteiger partial charge in [-0.05, 0) is 56.5 Å². The van der Waals surface area contributed by atoms with Gasteiger partial charge < -0.3 is 14.4 Å². The SMILES string of the molecule is COc1cc(/C=C/C(=O)c2ccc3ccccc3c2)cc(Br)c1OCC(=O)N(C)C. The lowest BCUT2D eigenvalue weighted by atomic mass is 10.0. The molecule has 0 spiro atoms. The van der Waals surface area contributed by atoms with Gasteiger partial charge in [-0.15, -0.1) is 0 Å². The number of hydrogen-bond donors (Lipinski definition) is 0. The van der Waals surface area contributed by atoms with Gasteiger partial charge in [0.1, 0.15) is 0 Å². The molecule has 0 aromatic heterocycles. The van der Waals surface area contributed by atoms with Gasteiger partial charge in [0.05, 0.1) is 11.6 Å². The van der Waals surface area contributed by atoms with Crippen molar-refractivity contribution in [3.05, 3.63) is 76.3 Å². The van der Waals surface area contributed by atoms with Crippen LogP contribution in [0.3, 0.4) is 0 Å². The molecule has 0 unspecified atom stereocenters. The third kappa shape index (κ3) is 5.07. The summed E-state index contributed by atoms with van der Waals surface area (Å²) in [6, 6.07) is 17.1. The van der Waals surface area contributed by atoms with Crippen LogP contribution in [0.5, 0.6) is 11.5 Å². The molecule has 1 amide bonds. The van der Waals surface area contributed by atoms with E-state index in [1.165, 1.54) is 18.1 Å². The van der Waals surface area contributed by atoms with Crippen LogP contribution in [0.15, 0.2) is 65.1 Å². The maximum Gasteiger partial charge on any atom is 0.259 e. The molecule has 0 radical (unpaired) electrons. The molecule has 0 aliphatic heterocycles. The van der Waals surface area contributed by atoms with E-state index in [2.05, 4.69) is 15.9 Å². The van der Waals surface area contributed by atoms with E-state index in [-0.39, 0.29) is 18.3 Å². The molecule has 0 aliphatic rings. The number of ether oxygens (including phenoxy) is 2. The monoisotopic (exact) mass is 467 g/mol. The van der Waals surface area contributed by atoms with Gasteiger partial charge in [-0.25, -0.2) is 0 Å². The van der Waals surface area contributed by atoms with Gasteiger partial charge in [0.25, 0.3) is 5.91 Å². The molecule has 0 N–H and O–H groups in total. The zero-order valence-electron chi connectivity index (χ0n) is 17.0. The molecule has 0 heterocycles. The van der Waals surface area contributed by atoms with E-state index in [1.807, 2.05) is 48.5 Å². The average Bonchev–Trinajstić information content (AvgIpc) is 2.75. The minimum atomic E-state index is -0.158. The van der Waals surface area contributed by atoms with Crippen LogP contribution in [-0.4, -0.2) is 44.4 Å². The summed E-state index contributed by atoms with van der Waals surface area (Å²) in [7, 11) is 4.85. The molecule has 0 saturated carbocycles. The minimum absolute atomic E-state index is 0.0900. The van der Waals surface area contributed by atoms with E-state index >= 15 is 0 Å². The fourth-order valence-corrected chi connectivity index (χ4v) is 3.42. The van der Waals surface area contributed by atoms with Crippen molar-refractivity contribution in [1.29, 1.82) is 0 Å². The van der Waals surface area contributed by atoms with Crippen LogP contribution in [0.2, 0.25) is 0 Å². The van der Waals surface area contributed by atoms with Gasteiger partial charge in [-0.2, -0.15) is 0 Å². The van der Waals surface area contributed by atoms with E-state index in [1.54, 1.807) is 26.2 Å². The zero-order chi connectivity index (χ0) is 21.7. The lowest BCUT2D eigenvalue weighted by molar-refractivity contribution is -0.130. The number of methoxy groups -OCH3 is 1. The van der Waals surface area contributed by atoms with Gasteiger partial charge >= 0.3 is 0 Å². The Balaban J connectivity index is 1.79. The zero-order valence-corrected chi connectivity index (χ0v) is 18.6. The maximum atomic E-state index is 12.6. The van der Waals surface area contributed by atoms with Crippen molar-refractivity contribution in [1.82, 2.24) is 4.90 Å². The lowest BCUT2D eigenvalue weighted by Crippen LogP contribution is -2.27. The van der Waals surface area contributed by atoms with E-state index in [4.69, 9.17) is 9.47 Å². The van der Waals surface area contributed by atoms with Crippen LogP contribution < -0.4 is 9.47 Å². The first-order valence-electron chi connectivity index (χ1n) is 9.30. The molecular weight excluding hydrogens is 446 g/mol. The van der Waals surface area contributed by atoms with Crippen LogP contribution in [0.4, 0.5) is 0 Å². The number of likely N-dealkylation sites (N-methyl/N-ethyl adjacent to an activating group) is 1. The van der Waals surface area contributed by atoms with Crippen LogP contribution in [0.25, 0.3) is 16.8 Å². The summed E-state index contributed by atoms with van der Waals surface area (Å²) in [5.74, 6) is 0.654. The fourth-order valence-electron chi connectivity index (χ4n) is 2.85. The van der Waals surface area contributed by atoms with Crippen molar-refractivity contribution >= 4 is 44.5 Å². The highest BCUT2D eigenvalue weighted by Gasteiger charge is 2.14. The van der Waals surface area contributed by atoms with Crippen molar-refractivity contribution in [2.24, 2.45) is 0 Å². The first-order chi connectivity index (χ1) is 14.4. The summed E-state index contributed by atoms with van der Waals surface area (Å²) in [5.41, 5.74) is 1.39. The summed E-state index contributed by atoms with van der Waals surface area (Å²) < 4.78 is 11.6. The summed E-state index contributed by atoms with van der Waals surface area (Å²) in [6.45, 7) is -0.0996. The molecule has 0 saturated heterocycles. The molecule has 0 atom stereocenters. The second-order valence-corrected chi connectivity index (χ2v) is 7.72. The number of halogens is 1. The van der Waals surface area contributed by atoms with Crippen molar-refractivity contribution in [2.45, 2.75) is 0 Å². The number of carbonyl (C=O) groups excluding carboxylic acids is 2. The Morgan fingerprint density at radius 3 is 2.47 bits per heavy atom. The Morgan fingerprint density at radius 2 is 1.77 bits per heavy atom. The van der Waals surface area contributed by atoms with Gasteiger partial charge in [0, 0.05) is 19.7 Å². The molecule has 5 nitrogen and oxygen atoms in total. The predicted octanol–water partition coefficient (Wildman–Crippen LogP) is 4.97. The Labute approximate surface area is 184 Å². The van der Waals surface area contributed by atoms with Gasteiger partial charge in [0.2, 0.25) is 0 Å². The fraction of sp³-hybridized carbons (Fsp3) is 0.167. The van der Waals surface area contributed by atoms with Crippen molar-refractivity contribution in [2.75, 3.05) is 27.8 Å². The number of benzene rings is 3. The largest absolute Gasteiger partial charge is 0.493 e. The highest BCUT2D eigenvalue weighted by molar-refractivity contribution is 9.10. The molecule has 0 aliphatic carbocycles. The average molecular weight is 468 g/mol. The number of fused-ring (bicyclic) bond motifs is 1. The number of nitrogens with zero attached hydrogens (tertiary/aromatic N) is 1. The number of carbonyl (C=O) groups is 2. The second kappa shape index (κ2) is 9.59. The smallest absolute Gasteiger partial charge is 0.259 e. The van der Waals surface area contributed by atoms with E-state index < -0.39 is 0 Å². The number of allylic oxidation sites excluding steroid dienone is 1. The maximum absolute atomic E-state index is 12.6. The third-order valence-electron chi connectivity index (χ3n) is 4.55. The molecule has 3 aromatic carbocycles. The first-order valence-corrected chi connectivity index (χ1v) is 10.1. The quantitative estimate of drug-likeness (QED) is 0.363. The normalized spacial score (nSPS) is 10.9. The lowest BCUT2D eigenvalue weighted by Gasteiger charge is -2.15. The molecule has 3 aromatic rings. The minimum Gasteiger partial charge on any atom is -0.493 e. The molecule has 0 bridgehead atoms. The number of hydrogen-bond acceptors (Lipinski definition) is 4. The second-order valence-electron chi connectivity index (χ2n) is 6.87. The van der Waals surface area contributed by atoms with E-state index in [9.17, 15) is 9.59 Å². The van der Waals surface area contributed by atoms with Crippen LogP contribution in [0, 0.1) is 0 Å². The Morgan fingerprint density at radius 1 is 1.03 bits per heavy atom. The number of amides is 1. The molecule has 3 rings (SSSR count).